The van der Waals surface area contributed by atoms with Crippen LogP contribution in [0.5, 0.6) is 0 Å². The highest BCUT2D eigenvalue weighted by atomic mass is 16.5. The number of hydrogen-bond acceptors (Lipinski definition) is 5. The van der Waals surface area contributed by atoms with E-state index < -0.39 is 0 Å². The van der Waals surface area contributed by atoms with Gasteiger partial charge in [-0.05, 0) is 12.1 Å². The third-order valence-corrected chi connectivity index (χ3v) is 3.55. The maximum Gasteiger partial charge on any atom is 0.328 e. The first-order chi connectivity index (χ1) is 11.7. The number of amides is 1. The van der Waals surface area contributed by atoms with Crippen molar-refractivity contribution in [1.82, 2.24) is 24.8 Å². The molecule has 0 aliphatic rings. The number of ether oxygens (including phenoxy) is 1. The van der Waals surface area contributed by atoms with E-state index in [4.69, 9.17) is 4.74 Å². The second kappa shape index (κ2) is 7.05. The number of aromatic amines is 1. The molecule has 24 heavy (non-hydrogen) atoms. The molecular weight excluding hydrogens is 310 g/mol. The smallest absolute Gasteiger partial charge is 0.328 e. The van der Waals surface area contributed by atoms with Crippen LogP contribution in [0, 0.1) is 0 Å². The van der Waals surface area contributed by atoms with Gasteiger partial charge in [0.15, 0.2) is 5.65 Å². The molecule has 0 aromatic carbocycles. The molecular formula is C16H17N5O3. The molecule has 3 aromatic rings. The number of nitrogens with one attached hydrogen (secondary N) is 2. The Labute approximate surface area is 137 Å². The Hall–Kier alpha value is -3.00. The summed E-state index contributed by atoms with van der Waals surface area (Å²) in [5.74, 6) is -0.262. The predicted octanol–water partition coefficient (Wildman–Crippen LogP) is 0.549. The van der Waals surface area contributed by atoms with E-state index in [1.165, 1.54) is 4.57 Å². The minimum absolute atomic E-state index is 0.0826. The van der Waals surface area contributed by atoms with Crippen LogP contribution < -0.4 is 11.0 Å². The Kier molecular flexibility index (Phi) is 4.66. The highest BCUT2D eigenvalue weighted by Crippen LogP contribution is 2.20. The lowest BCUT2D eigenvalue weighted by Gasteiger charge is -2.06. The average molecular weight is 327 g/mol. The van der Waals surface area contributed by atoms with Gasteiger partial charge in [0, 0.05) is 43.4 Å². The van der Waals surface area contributed by atoms with Gasteiger partial charge in [-0.25, -0.2) is 9.78 Å². The highest BCUT2D eigenvalue weighted by molar-refractivity contribution is 5.81. The lowest BCUT2D eigenvalue weighted by molar-refractivity contribution is -0.121. The maximum absolute atomic E-state index is 12.1. The van der Waals surface area contributed by atoms with E-state index in [1.54, 1.807) is 25.7 Å². The standard InChI is InChI=1S/C16H17N5O3/c1-24-6-5-18-14(22)10-21-13-7-12(11-3-2-4-17-8-11)9-19-15(13)20-16(21)23/h2-4,7-9H,5-6,10H2,1H3,(H,18,22)(H,19,20,23). The fourth-order valence-electron chi connectivity index (χ4n) is 2.37. The van der Waals surface area contributed by atoms with Crippen LogP contribution in [0.25, 0.3) is 22.3 Å². The summed E-state index contributed by atoms with van der Waals surface area (Å²) < 4.78 is 6.25. The van der Waals surface area contributed by atoms with Gasteiger partial charge in [-0.15, -0.1) is 0 Å². The number of nitrogens with zero attached hydrogens (tertiary/aromatic N) is 3. The molecule has 0 saturated heterocycles. The first-order valence-corrected chi connectivity index (χ1v) is 7.43. The van der Waals surface area contributed by atoms with Crippen molar-refractivity contribution in [3.63, 3.8) is 0 Å². The van der Waals surface area contributed by atoms with Gasteiger partial charge in [-0.2, -0.15) is 0 Å². The summed E-state index contributed by atoms with van der Waals surface area (Å²) in [6.45, 7) is 0.730. The van der Waals surface area contributed by atoms with Gasteiger partial charge in [0.25, 0.3) is 0 Å². The molecule has 0 aliphatic carbocycles. The fraction of sp³-hybridized carbons (Fsp3) is 0.250. The monoisotopic (exact) mass is 327 g/mol. The number of imidazole rings is 1. The van der Waals surface area contributed by atoms with Gasteiger partial charge < -0.3 is 10.1 Å². The summed E-state index contributed by atoms with van der Waals surface area (Å²) in [5, 5.41) is 2.69. The van der Waals surface area contributed by atoms with E-state index in [0.29, 0.717) is 24.3 Å². The molecule has 0 saturated carbocycles. The molecule has 3 rings (SSSR count). The van der Waals surface area contributed by atoms with Crippen LogP contribution in [0.4, 0.5) is 0 Å². The predicted molar refractivity (Wildman–Crippen MR) is 88.5 cm³/mol. The summed E-state index contributed by atoms with van der Waals surface area (Å²) in [5.41, 5.74) is 2.35. The topological polar surface area (TPSA) is 102 Å². The molecule has 0 bridgehead atoms. The van der Waals surface area contributed by atoms with Crippen LogP contribution in [-0.4, -0.2) is 45.7 Å². The SMILES string of the molecule is COCCNC(=O)Cn1c(=O)[nH]c2ncc(-c3cccnc3)cc21. The Bertz CT molecular complexity index is 901. The zero-order chi connectivity index (χ0) is 16.9. The fourth-order valence-corrected chi connectivity index (χ4v) is 2.37. The Morgan fingerprint density at radius 1 is 1.38 bits per heavy atom. The number of hydrogen-bond donors (Lipinski definition) is 2. The minimum Gasteiger partial charge on any atom is -0.383 e. The maximum atomic E-state index is 12.1. The number of carbonyl (C=O) groups is 1. The third-order valence-electron chi connectivity index (χ3n) is 3.55. The van der Waals surface area contributed by atoms with E-state index in [2.05, 4.69) is 20.3 Å². The number of fused-ring (bicyclic) bond motifs is 1. The normalized spacial score (nSPS) is 10.9. The van der Waals surface area contributed by atoms with Crippen LogP contribution >= 0.6 is 0 Å². The molecule has 0 fully saturated rings. The van der Waals surface area contributed by atoms with E-state index in [-0.39, 0.29) is 18.1 Å². The highest BCUT2D eigenvalue weighted by Gasteiger charge is 2.12. The zero-order valence-corrected chi connectivity index (χ0v) is 13.2. The molecule has 1 amide bonds. The third kappa shape index (κ3) is 3.33. The zero-order valence-electron chi connectivity index (χ0n) is 13.2. The summed E-state index contributed by atoms with van der Waals surface area (Å²) in [4.78, 5) is 35.1. The van der Waals surface area contributed by atoms with Gasteiger partial charge >= 0.3 is 5.69 Å². The van der Waals surface area contributed by atoms with Gasteiger partial charge in [0.1, 0.15) is 6.54 Å². The number of H-pyrrole nitrogens is 1. The van der Waals surface area contributed by atoms with Crippen molar-refractivity contribution >= 4 is 17.1 Å². The van der Waals surface area contributed by atoms with Crippen LogP contribution in [0.15, 0.2) is 41.6 Å². The van der Waals surface area contributed by atoms with Crippen molar-refractivity contribution in [2.24, 2.45) is 0 Å². The summed E-state index contributed by atoms with van der Waals surface area (Å²) in [7, 11) is 1.56. The Morgan fingerprint density at radius 3 is 3.00 bits per heavy atom. The summed E-state index contributed by atoms with van der Waals surface area (Å²) >= 11 is 0. The van der Waals surface area contributed by atoms with Crippen molar-refractivity contribution in [3.05, 3.63) is 47.3 Å². The van der Waals surface area contributed by atoms with Crippen LogP contribution in [0.1, 0.15) is 0 Å². The van der Waals surface area contributed by atoms with Crippen LogP contribution in [-0.2, 0) is 16.1 Å². The molecule has 3 aromatic heterocycles. The second-order valence-electron chi connectivity index (χ2n) is 5.19. The first-order valence-electron chi connectivity index (χ1n) is 7.43. The van der Waals surface area contributed by atoms with E-state index >= 15 is 0 Å². The summed E-state index contributed by atoms with van der Waals surface area (Å²) in [6, 6.07) is 5.55. The molecule has 0 aliphatic heterocycles. The lowest BCUT2D eigenvalue weighted by Crippen LogP contribution is -2.33. The average Bonchev–Trinajstić information content (AvgIpc) is 2.91. The lowest BCUT2D eigenvalue weighted by atomic mass is 10.1. The van der Waals surface area contributed by atoms with Crippen LogP contribution in [0.2, 0.25) is 0 Å². The molecule has 0 unspecified atom stereocenters. The number of pyridine rings is 2. The molecule has 8 heteroatoms. The molecule has 0 radical (unpaired) electrons. The van der Waals surface area contributed by atoms with Gasteiger partial charge in [0.2, 0.25) is 5.91 Å². The first kappa shape index (κ1) is 15.9. The van der Waals surface area contributed by atoms with Crippen molar-refractivity contribution in [2.45, 2.75) is 6.54 Å². The van der Waals surface area contributed by atoms with E-state index in [0.717, 1.165) is 11.1 Å². The molecule has 124 valence electrons. The van der Waals surface area contributed by atoms with Crippen LogP contribution in [0.3, 0.4) is 0 Å². The van der Waals surface area contributed by atoms with Crippen molar-refractivity contribution in [1.29, 1.82) is 0 Å². The largest absolute Gasteiger partial charge is 0.383 e. The number of aromatic nitrogens is 4. The van der Waals surface area contributed by atoms with E-state index in [1.807, 2.05) is 18.2 Å². The Balaban J connectivity index is 1.91. The van der Waals surface area contributed by atoms with Gasteiger partial charge in [-0.3, -0.25) is 19.3 Å². The quantitative estimate of drug-likeness (QED) is 0.644. The van der Waals surface area contributed by atoms with E-state index in [9.17, 15) is 9.59 Å². The molecule has 2 N–H and O–H groups in total. The summed E-state index contributed by atoms with van der Waals surface area (Å²) in [6.07, 6.45) is 5.07. The Morgan fingerprint density at radius 2 is 2.25 bits per heavy atom. The molecule has 3 heterocycles. The van der Waals surface area contributed by atoms with Crippen molar-refractivity contribution < 1.29 is 9.53 Å². The molecule has 0 atom stereocenters. The number of carbonyl (C=O) groups excluding carboxylic acids is 1. The number of methoxy groups -OCH3 is 1. The van der Waals surface area contributed by atoms with Gasteiger partial charge in [-0.1, -0.05) is 6.07 Å². The van der Waals surface area contributed by atoms with Crippen molar-refractivity contribution in [3.8, 4) is 11.1 Å². The molecule has 8 nitrogen and oxygen atoms in total. The molecule has 0 spiro atoms. The van der Waals surface area contributed by atoms with Gasteiger partial charge in [0.05, 0.1) is 12.1 Å². The number of rotatable bonds is 6. The minimum atomic E-state index is -0.372. The van der Waals surface area contributed by atoms with Crippen molar-refractivity contribution in [2.75, 3.05) is 20.3 Å². The second-order valence-corrected chi connectivity index (χ2v) is 5.19.